The highest BCUT2D eigenvalue weighted by molar-refractivity contribution is 7.80. The van der Waals surface area contributed by atoms with Crippen molar-refractivity contribution in [3.63, 3.8) is 0 Å². The highest BCUT2D eigenvalue weighted by atomic mass is 32.2. The molecule has 0 heterocycles. The summed E-state index contributed by atoms with van der Waals surface area (Å²) in [5.41, 5.74) is 0. The minimum Gasteiger partial charge on any atom is -0.395 e. The summed E-state index contributed by atoms with van der Waals surface area (Å²) < 4.78 is 17.2. The van der Waals surface area contributed by atoms with Crippen molar-refractivity contribution in [1.82, 2.24) is 4.90 Å². The molecule has 6 nitrogen and oxygen atoms in total. The average Bonchev–Trinajstić information content (AvgIpc) is 2.79. The van der Waals surface area contributed by atoms with Crippen LogP contribution in [0.25, 0.3) is 0 Å². The Bertz CT molecular complexity index is 490. The van der Waals surface area contributed by atoms with E-state index in [-0.39, 0.29) is 19.8 Å². The van der Waals surface area contributed by atoms with Crippen molar-refractivity contribution in [1.29, 1.82) is 0 Å². The maximum atomic E-state index is 11.8. The Balaban J connectivity index is 0.000000759. The quantitative estimate of drug-likeness (QED) is 0.272. The van der Waals surface area contributed by atoms with Crippen molar-refractivity contribution in [3.05, 3.63) is 30.3 Å². The summed E-state index contributed by atoms with van der Waals surface area (Å²) in [4.78, 5) is 2.55. The Morgan fingerprint density at radius 2 is 1.19 bits per heavy atom. The van der Waals surface area contributed by atoms with Gasteiger partial charge in [-0.15, -0.1) is 0 Å². The van der Waals surface area contributed by atoms with Crippen LogP contribution in [0.5, 0.6) is 0 Å². The molecule has 0 bridgehead atoms. The standard InChI is InChI=1S/C18H30O2S.C6H15NO3/c1-2-3-4-5-6-7-8-9-10-14-17-20-21(19)18-15-12-11-13-16-18;8-4-1-7(2-5-9)3-6-10/h11-13,15-16H,2-10,14,17H2,1H3;8-10H,1-6H2. The van der Waals surface area contributed by atoms with Crippen LogP contribution < -0.4 is 0 Å². The van der Waals surface area contributed by atoms with Gasteiger partial charge in [0.15, 0.2) is 11.1 Å². The predicted molar refractivity (Wildman–Crippen MR) is 128 cm³/mol. The SMILES string of the molecule is CCCCCCCCCCCCOS(=O)c1ccccc1.OCCN(CCO)CCO. The van der Waals surface area contributed by atoms with E-state index in [2.05, 4.69) is 6.92 Å². The first-order valence-electron chi connectivity index (χ1n) is 11.8. The lowest BCUT2D eigenvalue weighted by Crippen LogP contribution is -2.32. The molecule has 0 aliphatic rings. The number of hydrogen-bond acceptors (Lipinski definition) is 6. The minimum absolute atomic E-state index is 0.0694. The van der Waals surface area contributed by atoms with E-state index < -0.39 is 11.1 Å². The summed E-state index contributed by atoms with van der Waals surface area (Å²) >= 11 is -1.30. The molecule has 0 saturated carbocycles. The molecule has 7 heteroatoms. The van der Waals surface area contributed by atoms with E-state index in [1.54, 1.807) is 4.90 Å². The molecule has 3 N–H and O–H groups in total. The molecule has 0 fully saturated rings. The van der Waals surface area contributed by atoms with Gasteiger partial charge < -0.3 is 15.3 Å². The fourth-order valence-corrected chi connectivity index (χ4v) is 3.87. The van der Waals surface area contributed by atoms with E-state index in [9.17, 15) is 4.21 Å². The molecule has 0 spiro atoms. The molecule has 1 aromatic carbocycles. The molecule has 182 valence electrons. The van der Waals surface area contributed by atoms with Gasteiger partial charge in [0.05, 0.1) is 31.3 Å². The van der Waals surface area contributed by atoms with Crippen LogP contribution in [0.2, 0.25) is 0 Å². The third kappa shape index (κ3) is 19.6. The van der Waals surface area contributed by atoms with E-state index in [0.717, 1.165) is 11.3 Å². The molecule has 1 rings (SSSR count). The van der Waals surface area contributed by atoms with Crippen LogP contribution in [0.4, 0.5) is 0 Å². The minimum atomic E-state index is -1.30. The first kappa shape index (κ1) is 30.2. The molecule has 0 radical (unpaired) electrons. The number of aliphatic hydroxyl groups is 3. The van der Waals surface area contributed by atoms with Crippen molar-refractivity contribution in [2.75, 3.05) is 46.1 Å². The Morgan fingerprint density at radius 3 is 1.65 bits per heavy atom. The summed E-state index contributed by atoms with van der Waals surface area (Å²) in [6.45, 7) is 4.61. The van der Waals surface area contributed by atoms with Crippen LogP contribution in [0.15, 0.2) is 35.2 Å². The van der Waals surface area contributed by atoms with Crippen LogP contribution in [0.1, 0.15) is 71.1 Å². The van der Waals surface area contributed by atoms with E-state index >= 15 is 0 Å². The molecule has 0 aliphatic carbocycles. The molecule has 0 saturated heterocycles. The summed E-state index contributed by atoms with van der Waals surface area (Å²) in [5.74, 6) is 0. The van der Waals surface area contributed by atoms with Crippen LogP contribution in [-0.4, -0.2) is 70.5 Å². The fraction of sp³-hybridized carbons (Fsp3) is 0.750. The van der Waals surface area contributed by atoms with Gasteiger partial charge in [0.25, 0.3) is 0 Å². The van der Waals surface area contributed by atoms with Gasteiger partial charge >= 0.3 is 0 Å². The van der Waals surface area contributed by atoms with Gasteiger partial charge in [-0.1, -0.05) is 82.9 Å². The number of aliphatic hydroxyl groups excluding tert-OH is 3. The van der Waals surface area contributed by atoms with E-state index in [1.165, 1.54) is 57.8 Å². The Labute approximate surface area is 192 Å². The first-order valence-corrected chi connectivity index (χ1v) is 12.9. The van der Waals surface area contributed by atoms with Gasteiger partial charge in [-0.05, 0) is 18.6 Å². The van der Waals surface area contributed by atoms with Crippen molar-refractivity contribution >= 4 is 11.1 Å². The summed E-state index contributed by atoms with van der Waals surface area (Å²) in [5, 5.41) is 25.5. The molecule has 0 aliphatic heterocycles. The van der Waals surface area contributed by atoms with E-state index in [1.807, 2.05) is 30.3 Å². The van der Waals surface area contributed by atoms with Gasteiger partial charge in [-0.25, -0.2) is 4.21 Å². The third-order valence-electron chi connectivity index (χ3n) is 4.87. The van der Waals surface area contributed by atoms with Crippen LogP contribution in [-0.2, 0) is 15.3 Å². The van der Waals surface area contributed by atoms with E-state index in [4.69, 9.17) is 19.5 Å². The maximum Gasteiger partial charge on any atom is 0.189 e. The molecular weight excluding hydrogens is 414 g/mol. The van der Waals surface area contributed by atoms with Crippen LogP contribution >= 0.6 is 0 Å². The lowest BCUT2D eigenvalue weighted by molar-refractivity contribution is 0.136. The smallest absolute Gasteiger partial charge is 0.189 e. The zero-order chi connectivity index (χ0) is 23.0. The zero-order valence-electron chi connectivity index (χ0n) is 19.4. The number of hydrogen-bond donors (Lipinski definition) is 3. The van der Waals surface area contributed by atoms with Gasteiger partial charge in [-0.3, -0.25) is 9.08 Å². The number of nitrogens with zero attached hydrogens (tertiary/aromatic N) is 1. The normalized spacial score (nSPS) is 11.9. The third-order valence-corrected chi connectivity index (χ3v) is 5.91. The second-order valence-corrected chi connectivity index (χ2v) is 8.74. The second kappa shape index (κ2) is 23.8. The van der Waals surface area contributed by atoms with Gasteiger partial charge in [0, 0.05) is 19.6 Å². The summed E-state index contributed by atoms with van der Waals surface area (Å²) in [6, 6.07) is 9.38. The molecule has 1 aromatic rings. The van der Waals surface area contributed by atoms with Crippen molar-refractivity contribution in [2.45, 2.75) is 76.0 Å². The highest BCUT2D eigenvalue weighted by Gasteiger charge is 2.03. The zero-order valence-corrected chi connectivity index (χ0v) is 20.2. The molecular formula is C24H45NO5S. The van der Waals surface area contributed by atoms with Crippen LogP contribution in [0.3, 0.4) is 0 Å². The average molecular weight is 460 g/mol. The van der Waals surface area contributed by atoms with Crippen molar-refractivity contribution in [2.24, 2.45) is 0 Å². The molecule has 1 unspecified atom stereocenters. The molecule has 31 heavy (non-hydrogen) atoms. The first-order chi connectivity index (χ1) is 15.2. The topological polar surface area (TPSA) is 90.2 Å². The molecule has 0 aromatic heterocycles. The largest absolute Gasteiger partial charge is 0.395 e. The van der Waals surface area contributed by atoms with Gasteiger partial charge in [0.2, 0.25) is 0 Å². The number of unbranched alkanes of at least 4 members (excludes halogenated alkanes) is 9. The monoisotopic (exact) mass is 459 g/mol. The maximum absolute atomic E-state index is 11.8. The highest BCUT2D eigenvalue weighted by Crippen LogP contribution is 2.11. The summed E-state index contributed by atoms with van der Waals surface area (Å²) in [7, 11) is 0. The predicted octanol–water partition coefficient (Wildman–Crippen LogP) is 3.91. The molecule has 0 amide bonds. The lowest BCUT2D eigenvalue weighted by Gasteiger charge is -2.17. The Morgan fingerprint density at radius 1 is 0.742 bits per heavy atom. The van der Waals surface area contributed by atoms with Gasteiger partial charge in [0.1, 0.15) is 0 Å². The fourth-order valence-electron chi connectivity index (χ4n) is 3.08. The van der Waals surface area contributed by atoms with Crippen molar-refractivity contribution < 1.29 is 23.7 Å². The Hall–Kier alpha value is -0.830. The summed E-state index contributed by atoms with van der Waals surface area (Å²) in [6.07, 6.45) is 13.0. The van der Waals surface area contributed by atoms with Crippen LogP contribution in [0, 0.1) is 0 Å². The van der Waals surface area contributed by atoms with Crippen molar-refractivity contribution in [3.8, 4) is 0 Å². The number of benzene rings is 1. The van der Waals surface area contributed by atoms with E-state index in [0.29, 0.717) is 26.2 Å². The number of rotatable bonds is 19. The Kier molecular flexibility index (Phi) is 23.2. The molecule has 1 atom stereocenters. The lowest BCUT2D eigenvalue weighted by atomic mass is 10.1. The second-order valence-electron chi connectivity index (χ2n) is 7.56. The van der Waals surface area contributed by atoms with Gasteiger partial charge in [-0.2, -0.15) is 0 Å².